The summed E-state index contributed by atoms with van der Waals surface area (Å²) in [6.45, 7) is 2.26. The summed E-state index contributed by atoms with van der Waals surface area (Å²) in [4.78, 5) is 2.29. The van der Waals surface area contributed by atoms with Crippen LogP contribution in [0, 0.1) is 5.92 Å². The number of hydrogen-bond acceptors (Lipinski definition) is 3. The van der Waals surface area contributed by atoms with Gasteiger partial charge in [-0.15, -0.1) is 0 Å². The van der Waals surface area contributed by atoms with Gasteiger partial charge < -0.3 is 15.7 Å². The van der Waals surface area contributed by atoms with Gasteiger partial charge in [0, 0.05) is 25.4 Å². The number of nitrogens with two attached hydrogens (primary N) is 1. The molecule has 0 atom stereocenters. The second-order valence-electron chi connectivity index (χ2n) is 4.32. The Morgan fingerprint density at radius 3 is 2.62 bits per heavy atom. The highest BCUT2D eigenvalue weighted by atomic mass is 35.5. The maximum absolute atomic E-state index is 9.07. The van der Waals surface area contributed by atoms with E-state index in [1.165, 1.54) is 0 Å². The number of anilines is 2. The van der Waals surface area contributed by atoms with E-state index in [-0.39, 0.29) is 0 Å². The summed E-state index contributed by atoms with van der Waals surface area (Å²) in [5, 5.41) is 9.68. The lowest BCUT2D eigenvalue weighted by Gasteiger charge is -2.33. The first kappa shape index (κ1) is 11.6. The highest BCUT2D eigenvalue weighted by Crippen LogP contribution is 2.28. The minimum absolute atomic E-state index is 0.302. The van der Waals surface area contributed by atoms with Gasteiger partial charge >= 0.3 is 0 Å². The van der Waals surface area contributed by atoms with Crippen molar-refractivity contribution in [3.05, 3.63) is 23.2 Å². The van der Waals surface area contributed by atoms with Gasteiger partial charge in [0.1, 0.15) is 0 Å². The molecule has 0 aromatic heterocycles. The Morgan fingerprint density at radius 1 is 1.38 bits per heavy atom. The van der Waals surface area contributed by atoms with Crippen molar-refractivity contribution in [2.75, 3.05) is 30.3 Å². The van der Waals surface area contributed by atoms with Crippen LogP contribution in [0.2, 0.25) is 5.02 Å². The number of piperidine rings is 1. The Kier molecular flexibility index (Phi) is 3.56. The second kappa shape index (κ2) is 4.93. The molecule has 1 aliphatic heterocycles. The van der Waals surface area contributed by atoms with Crippen molar-refractivity contribution < 1.29 is 5.11 Å². The van der Waals surface area contributed by atoms with Crippen molar-refractivity contribution >= 4 is 23.0 Å². The molecule has 0 aliphatic carbocycles. The Morgan fingerprint density at radius 2 is 2.06 bits per heavy atom. The third-order valence-electron chi connectivity index (χ3n) is 3.22. The van der Waals surface area contributed by atoms with E-state index in [4.69, 9.17) is 22.4 Å². The van der Waals surface area contributed by atoms with Crippen LogP contribution in [-0.4, -0.2) is 24.8 Å². The highest BCUT2D eigenvalue weighted by Gasteiger charge is 2.18. The first-order valence-electron chi connectivity index (χ1n) is 5.61. The zero-order valence-electron chi connectivity index (χ0n) is 9.19. The number of aliphatic hydroxyl groups excluding tert-OH is 1. The van der Waals surface area contributed by atoms with E-state index in [0.29, 0.717) is 23.2 Å². The summed E-state index contributed by atoms with van der Waals surface area (Å²) in [5.41, 5.74) is 7.42. The molecule has 0 saturated carbocycles. The van der Waals surface area contributed by atoms with Gasteiger partial charge in [-0.3, -0.25) is 0 Å². The highest BCUT2D eigenvalue weighted by molar-refractivity contribution is 6.33. The molecule has 1 aromatic rings. The minimum atomic E-state index is 0.302. The number of nitrogen functional groups attached to an aromatic ring is 1. The molecule has 0 spiro atoms. The lowest BCUT2D eigenvalue weighted by Crippen LogP contribution is -2.34. The molecule has 3 nitrogen and oxygen atoms in total. The molecule has 0 radical (unpaired) electrons. The van der Waals surface area contributed by atoms with Crippen LogP contribution in [0.1, 0.15) is 12.8 Å². The number of rotatable bonds is 2. The van der Waals surface area contributed by atoms with Gasteiger partial charge in [0.2, 0.25) is 0 Å². The van der Waals surface area contributed by atoms with Crippen LogP contribution in [-0.2, 0) is 0 Å². The summed E-state index contributed by atoms with van der Waals surface area (Å²) in [7, 11) is 0. The molecule has 0 bridgehead atoms. The molecule has 2 rings (SSSR count). The second-order valence-corrected chi connectivity index (χ2v) is 4.73. The fourth-order valence-electron chi connectivity index (χ4n) is 2.09. The summed E-state index contributed by atoms with van der Waals surface area (Å²) >= 11 is 6.00. The Hall–Kier alpha value is -0.930. The number of benzene rings is 1. The molecule has 88 valence electrons. The van der Waals surface area contributed by atoms with Gasteiger partial charge in [-0.25, -0.2) is 0 Å². The molecular weight excluding hydrogens is 224 g/mol. The summed E-state index contributed by atoms with van der Waals surface area (Å²) in [6.07, 6.45) is 2.08. The van der Waals surface area contributed by atoms with E-state index < -0.39 is 0 Å². The zero-order valence-corrected chi connectivity index (χ0v) is 9.95. The van der Waals surface area contributed by atoms with Crippen molar-refractivity contribution in [1.29, 1.82) is 0 Å². The van der Waals surface area contributed by atoms with E-state index in [1.54, 1.807) is 0 Å². The topological polar surface area (TPSA) is 49.5 Å². The average molecular weight is 241 g/mol. The summed E-state index contributed by atoms with van der Waals surface area (Å²) in [6, 6.07) is 5.76. The standard InChI is InChI=1S/C12H17ClN2O/c13-11-7-10(1-2-12(11)14)15-5-3-9(8-16)4-6-15/h1-2,7,9,16H,3-6,8,14H2. The lowest BCUT2D eigenvalue weighted by atomic mass is 9.97. The van der Waals surface area contributed by atoms with Crippen molar-refractivity contribution in [1.82, 2.24) is 0 Å². The molecule has 0 amide bonds. The molecule has 1 heterocycles. The minimum Gasteiger partial charge on any atom is -0.398 e. The first-order valence-corrected chi connectivity index (χ1v) is 5.99. The van der Waals surface area contributed by atoms with Crippen LogP contribution in [0.5, 0.6) is 0 Å². The molecule has 16 heavy (non-hydrogen) atoms. The molecule has 4 heteroatoms. The van der Waals surface area contributed by atoms with Gasteiger partial charge in [-0.2, -0.15) is 0 Å². The number of nitrogens with zero attached hydrogens (tertiary/aromatic N) is 1. The maximum Gasteiger partial charge on any atom is 0.0656 e. The maximum atomic E-state index is 9.07. The van der Waals surface area contributed by atoms with Crippen LogP contribution >= 0.6 is 11.6 Å². The van der Waals surface area contributed by atoms with Crippen molar-refractivity contribution in [2.24, 2.45) is 5.92 Å². The van der Waals surface area contributed by atoms with Crippen molar-refractivity contribution in [3.8, 4) is 0 Å². The van der Waals surface area contributed by atoms with E-state index in [2.05, 4.69) is 4.90 Å². The quantitative estimate of drug-likeness (QED) is 0.779. The number of aliphatic hydroxyl groups is 1. The van der Waals surface area contributed by atoms with Gasteiger partial charge in [0.05, 0.1) is 10.7 Å². The van der Waals surface area contributed by atoms with Crippen molar-refractivity contribution in [3.63, 3.8) is 0 Å². The Labute approximate surface area is 101 Å². The first-order chi connectivity index (χ1) is 7.70. The zero-order chi connectivity index (χ0) is 11.5. The van der Waals surface area contributed by atoms with Crippen LogP contribution in [0.4, 0.5) is 11.4 Å². The fourth-order valence-corrected chi connectivity index (χ4v) is 2.26. The molecular formula is C12H17ClN2O. The van der Waals surface area contributed by atoms with E-state index >= 15 is 0 Å². The van der Waals surface area contributed by atoms with Gasteiger partial charge in [0.15, 0.2) is 0 Å². The van der Waals surface area contributed by atoms with Crippen LogP contribution in [0.3, 0.4) is 0 Å². The third kappa shape index (κ3) is 2.42. The van der Waals surface area contributed by atoms with Crippen LogP contribution in [0.25, 0.3) is 0 Å². The van der Waals surface area contributed by atoms with E-state index in [0.717, 1.165) is 31.6 Å². The predicted molar refractivity (Wildman–Crippen MR) is 67.9 cm³/mol. The van der Waals surface area contributed by atoms with Crippen molar-refractivity contribution in [2.45, 2.75) is 12.8 Å². The SMILES string of the molecule is Nc1ccc(N2CCC(CO)CC2)cc1Cl. The number of hydrogen-bond donors (Lipinski definition) is 2. The van der Waals surface area contributed by atoms with Gasteiger partial charge in [0.25, 0.3) is 0 Å². The lowest BCUT2D eigenvalue weighted by molar-refractivity contribution is 0.203. The Bertz CT molecular complexity index is 362. The predicted octanol–water partition coefficient (Wildman–Crippen LogP) is 2.13. The van der Waals surface area contributed by atoms with Crippen LogP contribution in [0.15, 0.2) is 18.2 Å². The fraction of sp³-hybridized carbons (Fsp3) is 0.500. The Balaban J connectivity index is 2.05. The largest absolute Gasteiger partial charge is 0.398 e. The summed E-state index contributed by atoms with van der Waals surface area (Å²) in [5.74, 6) is 0.459. The van der Waals surface area contributed by atoms with Crippen LogP contribution < -0.4 is 10.6 Å². The van der Waals surface area contributed by atoms with Gasteiger partial charge in [-0.1, -0.05) is 11.6 Å². The van der Waals surface area contributed by atoms with Gasteiger partial charge in [-0.05, 0) is 37.0 Å². The molecule has 0 unspecified atom stereocenters. The number of halogens is 1. The molecule has 1 fully saturated rings. The molecule has 1 saturated heterocycles. The normalized spacial score (nSPS) is 17.8. The smallest absolute Gasteiger partial charge is 0.0656 e. The van der Waals surface area contributed by atoms with E-state index in [1.807, 2.05) is 18.2 Å². The average Bonchev–Trinajstić information content (AvgIpc) is 2.33. The molecule has 1 aromatic carbocycles. The van der Waals surface area contributed by atoms with E-state index in [9.17, 15) is 0 Å². The third-order valence-corrected chi connectivity index (χ3v) is 3.55. The molecule has 3 N–H and O–H groups in total. The summed E-state index contributed by atoms with van der Waals surface area (Å²) < 4.78 is 0. The monoisotopic (exact) mass is 240 g/mol. The molecule has 1 aliphatic rings.